The average Bonchev–Trinajstić information content (AvgIpc) is 2.34. The van der Waals surface area contributed by atoms with Gasteiger partial charge in [0.1, 0.15) is 0 Å². The highest BCUT2D eigenvalue weighted by Gasteiger charge is 2.33. The van der Waals surface area contributed by atoms with Crippen molar-refractivity contribution in [2.24, 2.45) is 0 Å². The van der Waals surface area contributed by atoms with Gasteiger partial charge >= 0.3 is 6.18 Å². The summed E-state index contributed by atoms with van der Waals surface area (Å²) < 4.78 is 39.1. The van der Waals surface area contributed by atoms with E-state index < -0.39 is 11.7 Å². The Morgan fingerprint density at radius 1 is 0.950 bits per heavy atom. The number of anilines is 1. The van der Waals surface area contributed by atoms with Crippen molar-refractivity contribution < 1.29 is 13.2 Å². The number of hydrogen-bond donors (Lipinski definition) is 1. The summed E-state index contributed by atoms with van der Waals surface area (Å²) in [4.78, 5) is 0.987. The Balaban J connectivity index is 2.46. The highest BCUT2D eigenvalue weighted by atomic mass is 32.2. The van der Waals surface area contributed by atoms with Crippen LogP contribution in [0.15, 0.2) is 46.2 Å². The summed E-state index contributed by atoms with van der Waals surface area (Å²) in [6, 6.07) is 9.62. The van der Waals surface area contributed by atoms with E-state index in [1.54, 1.807) is 0 Å². The number of nitrogens with two attached hydrogens (primary N) is 1. The van der Waals surface area contributed by atoms with Gasteiger partial charge in [-0.15, -0.1) is 0 Å². The number of halogens is 3. The number of benzene rings is 2. The molecular formula is C15H14F3NS. The fraction of sp³-hybridized carbons (Fsp3) is 0.200. The lowest BCUT2D eigenvalue weighted by Crippen LogP contribution is -2.07. The maximum absolute atomic E-state index is 13.0. The molecule has 0 aliphatic carbocycles. The van der Waals surface area contributed by atoms with Crippen molar-refractivity contribution >= 4 is 17.4 Å². The van der Waals surface area contributed by atoms with E-state index in [1.165, 1.54) is 12.1 Å². The molecule has 0 saturated heterocycles. The molecule has 0 saturated carbocycles. The summed E-state index contributed by atoms with van der Waals surface area (Å²) in [7, 11) is 0. The molecule has 2 N–H and O–H groups in total. The Morgan fingerprint density at radius 3 is 2.30 bits per heavy atom. The molecule has 0 aliphatic rings. The SMILES string of the molecule is Cc1ccc(C)c(Sc2ccc(N)cc2C(F)(F)F)c1. The second-order valence-electron chi connectivity index (χ2n) is 4.62. The number of aryl methyl sites for hydroxylation is 2. The minimum Gasteiger partial charge on any atom is -0.399 e. The minimum atomic E-state index is -4.41. The first kappa shape index (κ1) is 14.8. The average molecular weight is 297 g/mol. The Kier molecular flexibility index (Phi) is 3.99. The molecule has 0 aromatic heterocycles. The van der Waals surface area contributed by atoms with Crippen LogP contribution in [0.25, 0.3) is 0 Å². The summed E-state index contributed by atoms with van der Waals surface area (Å²) >= 11 is 1.12. The zero-order chi connectivity index (χ0) is 14.9. The van der Waals surface area contributed by atoms with Gasteiger partial charge in [-0.25, -0.2) is 0 Å². The smallest absolute Gasteiger partial charge is 0.399 e. The maximum Gasteiger partial charge on any atom is 0.417 e. The molecular weight excluding hydrogens is 283 g/mol. The highest BCUT2D eigenvalue weighted by Crippen LogP contribution is 2.41. The van der Waals surface area contributed by atoms with Gasteiger partial charge in [-0.05, 0) is 49.2 Å². The maximum atomic E-state index is 13.0. The summed E-state index contributed by atoms with van der Waals surface area (Å²) in [6.07, 6.45) is -4.41. The first-order chi connectivity index (χ1) is 9.27. The first-order valence-corrected chi connectivity index (χ1v) is 6.81. The third-order valence-corrected chi connectivity index (χ3v) is 4.11. The van der Waals surface area contributed by atoms with Crippen LogP contribution in [0.2, 0.25) is 0 Å². The van der Waals surface area contributed by atoms with Crippen LogP contribution in [-0.2, 0) is 6.18 Å². The zero-order valence-corrected chi connectivity index (χ0v) is 11.9. The van der Waals surface area contributed by atoms with Gasteiger partial charge in [0.15, 0.2) is 0 Å². The fourth-order valence-electron chi connectivity index (χ4n) is 1.79. The largest absolute Gasteiger partial charge is 0.417 e. The van der Waals surface area contributed by atoms with Gasteiger partial charge in [0, 0.05) is 15.5 Å². The van der Waals surface area contributed by atoms with Gasteiger partial charge in [-0.1, -0.05) is 23.9 Å². The van der Waals surface area contributed by atoms with Crippen molar-refractivity contribution in [3.8, 4) is 0 Å². The molecule has 0 atom stereocenters. The van der Waals surface area contributed by atoms with Crippen LogP contribution in [0.1, 0.15) is 16.7 Å². The van der Waals surface area contributed by atoms with Crippen LogP contribution in [0.4, 0.5) is 18.9 Å². The molecule has 1 nitrogen and oxygen atoms in total. The molecule has 0 radical (unpaired) electrons. The van der Waals surface area contributed by atoms with E-state index in [9.17, 15) is 13.2 Å². The van der Waals surface area contributed by atoms with Crippen LogP contribution in [0.5, 0.6) is 0 Å². The summed E-state index contributed by atoms with van der Waals surface area (Å²) in [5, 5.41) is 0. The predicted molar refractivity (Wildman–Crippen MR) is 75.9 cm³/mol. The first-order valence-electron chi connectivity index (χ1n) is 5.99. The van der Waals surface area contributed by atoms with Gasteiger partial charge in [0.25, 0.3) is 0 Å². The normalized spacial score (nSPS) is 11.7. The molecule has 2 rings (SSSR count). The number of hydrogen-bond acceptors (Lipinski definition) is 2. The predicted octanol–water partition coefficient (Wildman–Crippen LogP) is 5.06. The van der Waals surface area contributed by atoms with Gasteiger partial charge in [-0.2, -0.15) is 13.2 Å². The lowest BCUT2D eigenvalue weighted by atomic mass is 10.2. The molecule has 0 unspecified atom stereocenters. The molecule has 0 amide bonds. The topological polar surface area (TPSA) is 26.0 Å². The van der Waals surface area contributed by atoms with Gasteiger partial charge in [0.2, 0.25) is 0 Å². The van der Waals surface area contributed by atoms with Gasteiger partial charge < -0.3 is 5.73 Å². The number of alkyl halides is 3. The molecule has 20 heavy (non-hydrogen) atoms. The Hall–Kier alpha value is -1.62. The molecule has 0 aliphatic heterocycles. The van der Waals surface area contributed by atoms with E-state index in [0.29, 0.717) is 0 Å². The third-order valence-electron chi connectivity index (χ3n) is 2.87. The van der Waals surface area contributed by atoms with E-state index >= 15 is 0 Å². The van der Waals surface area contributed by atoms with Crippen molar-refractivity contribution in [3.05, 3.63) is 53.1 Å². The Labute approximate surface area is 120 Å². The molecule has 0 fully saturated rings. The van der Waals surface area contributed by atoms with E-state index in [1.807, 2.05) is 32.0 Å². The van der Waals surface area contributed by atoms with Crippen LogP contribution in [0, 0.1) is 13.8 Å². The van der Waals surface area contributed by atoms with Crippen LogP contribution in [-0.4, -0.2) is 0 Å². The van der Waals surface area contributed by atoms with Gasteiger partial charge in [-0.3, -0.25) is 0 Å². The van der Waals surface area contributed by atoms with Gasteiger partial charge in [0.05, 0.1) is 5.56 Å². The molecule has 0 heterocycles. The second kappa shape index (κ2) is 5.40. The van der Waals surface area contributed by atoms with E-state index in [2.05, 4.69) is 0 Å². The third kappa shape index (κ3) is 3.28. The summed E-state index contributed by atoms with van der Waals surface area (Å²) in [5.74, 6) is 0. The van der Waals surface area contributed by atoms with Crippen molar-refractivity contribution in [2.45, 2.75) is 29.8 Å². The zero-order valence-electron chi connectivity index (χ0n) is 11.1. The Bertz CT molecular complexity index is 636. The summed E-state index contributed by atoms with van der Waals surface area (Å²) in [6.45, 7) is 3.80. The number of rotatable bonds is 2. The van der Waals surface area contributed by atoms with Crippen LogP contribution < -0.4 is 5.73 Å². The fourth-order valence-corrected chi connectivity index (χ4v) is 2.93. The van der Waals surface area contributed by atoms with Crippen molar-refractivity contribution in [2.75, 3.05) is 5.73 Å². The molecule has 2 aromatic rings. The van der Waals surface area contributed by atoms with Crippen LogP contribution in [0.3, 0.4) is 0 Å². The summed E-state index contributed by atoms with van der Waals surface area (Å²) in [5.41, 5.74) is 6.85. The molecule has 2 aromatic carbocycles. The quantitative estimate of drug-likeness (QED) is 0.784. The Morgan fingerprint density at radius 2 is 1.65 bits per heavy atom. The minimum absolute atomic E-state index is 0.114. The lowest BCUT2D eigenvalue weighted by molar-refractivity contribution is -0.139. The van der Waals surface area contributed by atoms with Crippen molar-refractivity contribution in [1.82, 2.24) is 0 Å². The molecule has 0 spiro atoms. The molecule has 0 bridgehead atoms. The standard InChI is InChI=1S/C15H14F3NS/c1-9-3-4-10(2)14(7-9)20-13-6-5-11(19)8-12(13)15(16,17)18/h3-8H,19H2,1-2H3. The monoisotopic (exact) mass is 297 g/mol. The van der Waals surface area contributed by atoms with Crippen LogP contribution >= 0.6 is 11.8 Å². The highest BCUT2D eigenvalue weighted by molar-refractivity contribution is 7.99. The number of nitrogen functional groups attached to an aromatic ring is 1. The van der Waals surface area contributed by atoms with E-state index in [4.69, 9.17) is 5.73 Å². The lowest BCUT2D eigenvalue weighted by Gasteiger charge is -2.14. The second-order valence-corrected chi connectivity index (χ2v) is 5.71. The molecule has 5 heteroatoms. The van der Waals surface area contributed by atoms with Crippen molar-refractivity contribution in [1.29, 1.82) is 0 Å². The van der Waals surface area contributed by atoms with E-state index in [-0.39, 0.29) is 10.6 Å². The van der Waals surface area contributed by atoms with E-state index in [0.717, 1.165) is 33.9 Å². The van der Waals surface area contributed by atoms with Crippen molar-refractivity contribution in [3.63, 3.8) is 0 Å². The molecule has 106 valence electrons.